The van der Waals surface area contributed by atoms with Crippen molar-refractivity contribution >= 4 is 17.8 Å². The molecule has 1 amide bonds. The van der Waals surface area contributed by atoms with Crippen LogP contribution in [0, 0.1) is 5.41 Å². The number of nitrogens with one attached hydrogen (secondary N) is 1. The summed E-state index contributed by atoms with van der Waals surface area (Å²) in [6.07, 6.45) is 11.2. The highest BCUT2D eigenvalue weighted by atomic mass is 16.5. The SMILES string of the molecule is CCN(C1CCCCC1)[C@@H](CC(=O)O)C(=O)N1CCCC[C@@H]1CCOC1CCN(C(=N)N)CC1. The average molecular weight is 480 g/mol. The molecule has 9 nitrogen and oxygen atoms in total. The predicted octanol–water partition coefficient (Wildman–Crippen LogP) is 2.63. The van der Waals surface area contributed by atoms with Crippen LogP contribution in [0.2, 0.25) is 0 Å². The number of hydrogen-bond acceptors (Lipinski definition) is 5. The van der Waals surface area contributed by atoms with Crippen LogP contribution < -0.4 is 5.73 Å². The van der Waals surface area contributed by atoms with Gasteiger partial charge in [-0.2, -0.15) is 0 Å². The zero-order chi connectivity index (χ0) is 24.5. The first-order valence-corrected chi connectivity index (χ1v) is 13.4. The fourth-order valence-corrected chi connectivity index (χ4v) is 6.07. The van der Waals surface area contributed by atoms with Gasteiger partial charge in [0.05, 0.1) is 12.5 Å². The molecule has 2 atom stereocenters. The number of amides is 1. The molecular weight excluding hydrogens is 434 g/mol. The Morgan fingerprint density at radius 2 is 1.74 bits per heavy atom. The maximum Gasteiger partial charge on any atom is 0.305 e. The van der Waals surface area contributed by atoms with E-state index in [0.29, 0.717) is 25.7 Å². The molecular formula is C25H45N5O4. The Bertz CT molecular complexity index is 676. The molecule has 0 aromatic carbocycles. The van der Waals surface area contributed by atoms with Gasteiger partial charge in [0.15, 0.2) is 5.96 Å². The maximum atomic E-state index is 13.8. The summed E-state index contributed by atoms with van der Waals surface area (Å²) in [6, 6.07) is -0.164. The Labute approximate surface area is 204 Å². The van der Waals surface area contributed by atoms with Gasteiger partial charge in [-0.1, -0.05) is 26.2 Å². The van der Waals surface area contributed by atoms with Crippen molar-refractivity contribution in [2.45, 2.75) is 108 Å². The van der Waals surface area contributed by atoms with Crippen molar-refractivity contribution in [3.63, 3.8) is 0 Å². The molecule has 0 bridgehead atoms. The van der Waals surface area contributed by atoms with E-state index in [0.717, 1.165) is 77.3 Å². The Morgan fingerprint density at radius 3 is 2.35 bits per heavy atom. The molecule has 0 radical (unpaired) electrons. The van der Waals surface area contributed by atoms with E-state index in [9.17, 15) is 14.7 Å². The Morgan fingerprint density at radius 1 is 1.06 bits per heavy atom. The first-order valence-electron chi connectivity index (χ1n) is 13.4. The Balaban J connectivity index is 1.59. The van der Waals surface area contributed by atoms with Crippen molar-refractivity contribution in [2.24, 2.45) is 5.73 Å². The summed E-state index contributed by atoms with van der Waals surface area (Å²) in [5, 5.41) is 17.2. The van der Waals surface area contributed by atoms with Crippen molar-refractivity contribution in [3.8, 4) is 0 Å². The van der Waals surface area contributed by atoms with Crippen LogP contribution in [0.3, 0.4) is 0 Å². The second-order valence-corrected chi connectivity index (χ2v) is 10.1. The van der Waals surface area contributed by atoms with Gasteiger partial charge in [0.2, 0.25) is 5.91 Å². The minimum atomic E-state index is -0.901. The summed E-state index contributed by atoms with van der Waals surface area (Å²) in [4.78, 5) is 31.6. The van der Waals surface area contributed by atoms with E-state index in [1.807, 2.05) is 9.80 Å². The average Bonchev–Trinajstić information content (AvgIpc) is 2.84. The maximum absolute atomic E-state index is 13.8. The number of likely N-dealkylation sites (tertiary alicyclic amines) is 2. The third-order valence-electron chi connectivity index (χ3n) is 7.96. The summed E-state index contributed by atoms with van der Waals surface area (Å²) in [7, 11) is 0. The predicted molar refractivity (Wildman–Crippen MR) is 132 cm³/mol. The molecule has 0 aromatic heterocycles. The van der Waals surface area contributed by atoms with Gasteiger partial charge in [-0.15, -0.1) is 0 Å². The number of ether oxygens (including phenoxy) is 1. The number of carbonyl (C=O) groups is 2. The zero-order valence-electron chi connectivity index (χ0n) is 20.9. The molecule has 1 aliphatic carbocycles. The standard InChI is InChI=1S/C25H45N5O4/c1-2-29(19-8-4-3-5-9-19)22(18-23(31)32)24(33)30-14-7-6-10-20(30)13-17-34-21-11-15-28(16-12-21)25(26)27/h19-22H,2-18H2,1H3,(H3,26,27)(H,31,32)/t20-,22+/m1/s1. The lowest BCUT2D eigenvalue weighted by atomic mass is 9.91. The second-order valence-electron chi connectivity index (χ2n) is 10.1. The van der Waals surface area contributed by atoms with Gasteiger partial charge < -0.3 is 25.4 Å². The van der Waals surface area contributed by atoms with Crippen LogP contribution in [0.1, 0.15) is 84.0 Å². The van der Waals surface area contributed by atoms with E-state index in [-0.39, 0.29) is 30.4 Å². The summed E-state index contributed by atoms with van der Waals surface area (Å²) in [6.45, 7) is 5.56. The second kappa shape index (κ2) is 13.3. The van der Waals surface area contributed by atoms with E-state index in [2.05, 4.69) is 11.8 Å². The van der Waals surface area contributed by atoms with Crippen LogP contribution in [0.25, 0.3) is 0 Å². The number of aliphatic carboxylic acids is 1. The van der Waals surface area contributed by atoms with Gasteiger partial charge in [-0.05, 0) is 57.9 Å². The van der Waals surface area contributed by atoms with Gasteiger partial charge in [-0.3, -0.25) is 19.9 Å². The monoisotopic (exact) mass is 479 g/mol. The van der Waals surface area contributed by atoms with Gasteiger partial charge in [0.1, 0.15) is 6.04 Å². The number of likely N-dealkylation sites (N-methyl/N-ethyl adjacent to an activating group) is 1. The third kappa shape index (κ3) is 7.31. The van der Waals surface area contributed by atoms with Crippen molar-refractivity contribution in [3.05, 3.63) is 0 Å². The lowest BCUT2D eigenvalue weighted by Gasteiger charge is -2.43. The van der Waals surface area contributed by atoms with Crippen LogP contribution in [-0.4, -0.2) is 94.7 Å². The number of carboxylic acids is 1. The summed E-state index contributed by atoms with van der Waals surface area (Å²) in [5.74, 6) is -0.782. The lowest BCUT2D eigenvalue weighted by Crippen LogP contribution is -2.56. The summed E-state index contributed by atoms with van der Waals surface area (Å²) in [5.41, 5.74) is 5.58. The van der Waals surface area contributed by atoms with Crippen LogP contribution in [0.4, 0.5) is 0 Å². The fourth-order valence-electron chi connectivity index (χ4n) is 6.07. The normalized spacial score (nSPS) is 23.8. The fraction of sp³-hybridized carbons (Fsp3) is 0.880. The molecule has 0 aromatic rings. The van der Waals surface area contributed by atoms with Crippen LogP contribution in [0.15, 0.2) is 0 Å². The Kier molecular flexibility index (Phi) is 10.4. The highest BCUT2D eigenvalue weighted by Crippen LogP contribution is 2.28. The number of hydrogen-bond donors (Lipinski definition) is 3. The Hall–Kier alpha value is -1.87. The molecule has 1 saturated carbocycles. The number of nitrogens with zero attached hydrogens (tertiary/aromatic N) is 3. The van der Waals surface area contributed by atoms with E-state index < -0.39 is 12.0 Å². The van der Waals surface area contributed by atoms with Gasteiger partial charge in [-0.25, -0.2) is 0 Å². The van der Waals surface area contributed by atoms with Gasteiger partial charge in [0.25, 0.3) is 0 Å². The third-order valence-corrected chi connectivity index (χ3v) is 7.96. The molecule has 3 rings (SSSR count). The molecule has 3 aliphatic rings. The molecule has 3 fully saturated rings. The molecule has 2 heterocycles. The van der Waals surface area contributed by atoms with E-state index >= 15 is 0 Å². The van der Waals surface area contributed by atoms with Crippen molar-refractivity contribution in [2.75, 3.05) is 32.8 Å². The zero-order valence-corrected chi connectivity index (χ0v) is 20.9. The number of rotatable bonds is 10. The molecule has 34 heavy (non-hydrogen) atoms. The molecule has 194 valence electrons. The minimum Gasteiger partial charge on any atom is -0.481 e. The first kappa shape index (κ1) is 26.7. The van der Waals surface area contributed by atoms with Crippen LogP contribution >= 0.6 is 0 Å². The topological polar surface area (TPSA) is 123 Å². The number of carbonyl (C=O) groups excluding carboxylic acids is 1. The molecule has 9 heteroatoms. The molecule has 0 spiro atoms. The quantitative estimate of drug-likeness (QED) is 0.325. The molecule has 0 unspecified atom stereocenters. The molecule has 2 saturated heterocycles. The first-order chi connectivity index (χ1) is 16.4. The lowest BCUT2D eigenvalue weighted by molar-refractivity contribution is -0.149. The van der Waals surface area contributed by atoms with Crippen LogP contribution in [-0.2, 0) is 14.3 Å². The number of piperidine rings is 2. The summed E-state index contributed by atoms with van der Waals surface area (Å²) < 4.78 is 6.15. The van der Waals surface area contributed by atoms with Crippen molar-refractivity contribution < 1.29 is 19.4 Å². The molecule has 2 aliphatic heterocycles. The smallest absolute Gasteiger partial charge is 0.305 e. The van der Waals surface area contributed by atoms with Crippen molar-refractivity contribution in [1.82, 2.24) is 14.7 Å². The number of carboxylic acid groups (broad SMARTS) is 1. The minimum absolute atomic E-state index is 0.00529. The summed E-state index contributed by atoms with van der Waals surface area (Å²) >= 11 is 0. The van der Waals surface area contributed by atoms with Gasteiger partial charge in [0, 0.05) is 38.3 Å². The number of guanidine groups is 1. The van der Waals surface area contributed by atoms with Gasteiger partial charge >= 0.3 is 5.97 Å². The number of nitrogens with two attached hydrogens (primary N) is 1. The van der Waals surface area contributed by atoms with Crippen LogP contribution in [0.5, 0.6) is 0 Å². The van der Waals surface area contributed by atoms with E-state index in [1.54, 1.807) is 0 Å². The highest BCUT2D eigenvalue weighted by Gasteiger charge is 2.38. The molecule has 4 N–H and O–H groups in total. The van der Waals surface area contributed by atoms with E-state index in [1.165, 1.54) is 6.42 Å². The van der Waals surface area contributed by atoms with Crippen molar-refractivity contribution in [1.29, 1.82) is 5.41 Å². The highest BCUT2D eigenvalue weighted by molar-refractivity contribution is 5.86. The largest absolute Gasteiger partial charge is 0.481 e. The van der Waals surface area contributed by atoms with E-state index in [4.69, 9.17) is 15.9 Å².